The highest BCUT2D eigenvalue weighted by molar-refractivity contribution is 5.92. The van der Waals surface area contributed by atoms with Crippen molar-refractivity contribution >= 4 is 5.91 Å². The van der Waals surface area contributed by atoms with Gasteiger partial charge in [0, 0.05) is 44.5 Å². The van der Waals surface area contributed by atoms with Gasteiger partial charge in [0.05, 0.1) is 0 Å². The number of carbonyl (C=O) groups is 1. The number of nitrogens with one attached hydrogen (secondary N) is 2. The van der Waals surface area contributed by atoms with E-state index in [1.54, 1.807) is 12.3 Å². The number of hydrogen-bond donors (Lipinski definition) is 2. The van der Waals surface area contributed by atoms with E-state index >= 15 is 0 Å². The van der Waals surface area contributed by atoms with Crippen LogP contribution in [0.5, 0.6) is 0 Å². The van der Waals surface area contributed by atoms with E-state index in [-0.39, 0.29) is 11.4 Å². The zero-order chi connectivity index (χ0) is 14.6. The van der Waals surface area contributed by atoms with Gasteiger partial charge in [-0.25, -0.2) is 0 Å². The molecule has 1 amide bonds. The number of likely N-dealkylation sites (N-methyl/N-ethyl adjacent to an activating group) is 1. The van der Waals surface area contributed by atoms with E-state index in [2.05, 4.69) is 46.2 Å². The van der Waals surface area contributed by atoms with E-state index in [0.717, 1.165) is 39.1 Å². The van der Waals surface area contributed by atoms with Crippen molar-refractivity contribution in [1.82, 2.24) is 25.3 Å². The second kappa shape index (κ2) is 6.37. The number of amides is 1. The smallest absolute Gasteiger partial charge is 0.269 e. The number of carbonyl (C=O) groups excluding carboxylic acids is 1. The number of aromatic nitrogens is 2. The first-order valence-electron chi connectivity index (χ1n) is 7.19. The lowest BCUT2D eigenvalue weighted by molar-refractivity contribution is 0.0888. The molecule has 0 saturated carbocycles. The van der Waals surface area contributed by atoms with Gasteiger partial charge in [0.25, 0.3) is 5.91 Å². The molecule has 2 N–H and O–H groups in total. The topological polar surface area (TPSA) is 64.3 Å². The molecule has 1 aromatic heterocycles. The maximum absolute atomic E-state index is 12.0. The summed E-state index contributed by atoms with van der Waals surface area (Å²) >= 11 is 0. The van der Waals surface area contributed by atoms with Gasteiger partial charge in [0.15, 0.2) is 0 Å². The highest BCUT2D eigenvalue weighted by Gasteiger charge is 2.23. The third-order valence-corrected chi connectivity index (χ3v) is 3.85. The molecule has 6 nitrogen and oxygen atoms in total. The first kappa shape index (κ1) is 15.0. The van der Waals surface area contributed by atoms with Crippen LogP contribution in [-0.4, -0.2) is 71.2 Å². The van der Waals surface area contributed by atoms with Crippen LogP contribution >= 0.6 is 0 Å². The van der Waals surface area contributed by atoms with Crippen molar-refractivity contribution in [3.8, 4) is 0 Å². The Morgan fingerprint density at radius 2 is 2.10 bits per heavy atom. The molecule has 0 aromatic carbocycles. The molecule has 112 valence electrons. The first-order chi connectivity index (χ1) is 9.46. The van der Waals surface area contributed by atoms with Crippen LogP contribution < -0.4 is 5.32 Å². The number of nitrogens with zero attached hydrogens (tertiary/aromatic N) is 3. The van der Waals surface area contributed by atoms with Gasteiger partial charge >= 0.3 is 0 Å². The van der Waals surface area contributed by atoms with Crippen LogP contribution in [0.3, 0.4) is 0 Å². The lowest BCUT2D eigenvalue weighted by Gasteiger charge is -2.35. The predicted molar refractivity (Wildman–Crippen MR) is 78.7 cm³/mol. The largest absolute Gasteiger partial charge is 0.346 e. The molecule has 20 heavy (non-hydrogen) atoms. The second-order valence-corrected chi connectivity index (χ2v) is 6.20. The van der Waals surface area contributed by atoms with Gasteiger partial charge in [-0.3, -0.25) is 9.89 Å². The summed E-state index contributed by atoms with van der Waals surface area (Å²) in [6.07, 6.45) is 2.53. The number of piperazine rings is 1. The Bertz CT molecular complexity index is 421. The molecule has 0 bridgehead atoms. The monoisotopic (exact) mass is 279 g/mol. The molecule has 1 aliphatic rings. The molecule has 1 aromatic rings. The average Bonchev–Trinajstić information content (AvgIpc) is 2.91. The van der Waals surface area contributed by atoms with E-state index in [9.17, 15) is 4.79 Å². The molecule has 0 radical (unpaired) electrons. The van der Waals surface area contributed by atoms with Gasteiger partial charge in [0.2, 0.25) is 0 Å². The fourth-order valence-electron chi connectivity index (χ4n) is 2.33. The minimum Gasteiger partial charge on any atom is -0.346 e. The Morgan fingerprint density at radius 1 is 1.40 bits per heavy atom. The minimum absolute atomic E-state index is 0.0918. The molecule has 1 saturated heterocycles. The quantitative estimate of drug-likeness (QED) is 0.826. The molecular weight excluding hydrogens is 254 g/mol. The molecule has 0 spiro atoms. The van der Waals surface area contributed by atoms with Crippen molar-refractivity contribution in [1.29, 1.82) is 0 Å². The van der Waals surface area contributed by atoms with E-state index in [0.29, 0.717) is 5.69 Å². The number of aromatic amines is 1. The van der Waals surface area contributed by atoms with Crippen LogP contribution in [0.4, 0.5) is 0 Å². The molecule has 1 aliphatic heterocycles. The minimum atomic E-state index is -0.217. The van der Waals surface area contributed by atoms with Crippen molar-refractivity contribution < 1.29 is 4.79 Å². The van der Waals surface area contributed by atoms with Crippen LogP contribution in [0.1, 0.15) is 30.8 Å². The molecule has 0 atom stereocenters. The molecule has 2 rings (SSSR count). The zero-order valence-corrected chi connectivity index (χ0v) is 12.6. The van der Waals surface area contributed by atoms with Gasteiger partial charge in [0.1, 0.15) is 5.69 Å². The van der Waals surface area contributed by atoms with Gasteiger partial charge in [-0.05, 0) is 33.4 Å². The average molecular weight is 279 g/mol. The van der Waals surface area contributed by atoms with E-state index < -0.39 is 0 Å². The molecule has 0 unspecified atom stereocenters. The Hall–Kier alpha value is -1.40. The maximum Gasteiger partial charge on any atom is 0.269 e. The lowest BCUT2D eigenvalue weighted by Crippen LogP contribution is -2.49. The van der Waals surface area contributed by atoms with E-state index in [1.807, 2.05) is 0 Å². The highest BCUT2D eigenvalue weighted by atomic mass is 16.2. The van der Waals surface area contributed by atoms with Crippen LogP contribution in [0.25, 0.3) is 0 Å². The van der Waals surface area contributed by atoms with Gasteiger partial charge < -0.3 is 15.1 Å². The summed E-state index contributed by atoms with van der Waals surface area (Å²) in [4.78, 5) is 16.8. The number of rotatable bonds is 5. The first-order valence-corrected chi connectivity index (χ1v) is 7.19. The Kier molecular flexibility index (Phi) is 4.77. The van der Waals surface area contributed by atoms with Crippen LogP contribution in [-0.2, 0) is 0 Å². The molecular formula is C14H25N5O. The highest BCUT2D eigenvalue weighted by Crippen LogP contribution is 2.12. The summed E-state index contributed by atoms with van der Waals surface area (Å²) < 4.78 is 0. The molecule has 6 heteroatoms. The lowest BCUT2D eigenvalue weighted by atomic mass is 9.99. The fraction of sp³-hybridized carbons (Fsp3) is 0.714. The SMILES string of the molecule is CN1CCN(CCC(C)(C)NC(=O)c2ccn[nH]2)CC1. The van der Waals surface area contributed by atoms with Crippen LogP contribution in [0.2, 0.25) is 0 Å². The molecule has 1 fully saturated rings. The van der Waals surface area contributed by atoms with Crippen molar-refractivity contribution in [3.63, 3.8) is 0 Å². The molecule has 2 heterocycles. The summed E-state index contributed by atoms with van der Waals surface area (Å²) in [5, 5.41) is 9.55. The van der Waals surface area contributed by atoms with Crippen molar-refractivity contribution in [2.75, 3.05) is 39.8 Å². The van der Waals surface area contributed by atoms with Crippen molar-refractivity contribution in [2.45, 2.75) is 25.8 Å². The summed E-state index contributed by atoms with van der Waals surface area (Å²) in [5.41, 5.74) is 0.295. The summed E-state index contributed by atoms with van der Waals surface area (Å²) in [5.74, 6) is -0.0918. The third kappa shape index (κ3) is 4.31. The van der Waals surface area contributed by atoms with E-state index in [4.69, 9.17) is 0 Å². The second-order valence-electron chi connectivity index (χ2n) is 6.20. The Balaban J connectivity index is 1.77. The van der Waals surface area contributed by atoms with Crippen LogP contribution in [0.15, 0.2) is 12.3 Å². The van der Waals surface area contributed by atoms with Gasteiger partial charge in [-0.15, -0.1) is 0 Å². The Labute approximate surface area is 120 Å². The number of hydrogen-bond acceptors (Lipinski definition) is 4. The normalized spacial score (nSPS) is 18.1. The third-order valence-electron chi connectivity index (χ3n) is 3.85. The zero-order valence-electron chi connectivity index (χ0n) is 12.6. The van der Waals surface area contributed by atoms with Crippen LogP contribution in [0, 0.1) is 0 Å². The summed E-state index contributed by atoms with van der Waals surface area (Å²) in [7, 11) is 2.16. The summed E-state index contributed by atoms with van der Waals surface area (Å²) in [6.45, 7) is 9.63. The van der Waals surface area contributed by atoms with Crippen molar-refractivity contribution in [2.24, 2.45) is 0 Å². The van der Waals surface area contributed by atoms with Crippen molar-refractivity contribution in [3.05, 3.63) is 18.0 Å². The van der Waals surface area contributed by atoms with E-state index in [1.165, 1.54) is 0 Å². The summed E-state index contributed by atoms with van der Waals surface area (Å²) in [6, 6.07) is 1.69. The Morgan fingerprint density at radius 3 is 2.70 bits per heavy atom. The predicted octanol–water partition coefficient (Wildman–Crippen LogP) is 0.556. The number of H-pyrrole nitrogens is 1. The standard InChI is InChI=1S/C14H25N5O/c1-14(2,16-13(20)12-4-6-15-17-12)5-7-19-10-8-18(3)9-11-19/h4,6H,5,7-11H2,1-3H3,(H,15,17)(H,16,20). The molecule has 0 aliphatic carbocycles. The maximum atomic E-state index is 12.0. The fourth-order valence-corrected chi connectivity index (χ4v) is 2.33. The van der Waals surface area contributed by atoms with Gasteiger partial charge in [-0.1, -0.05) is 0 Å². The van der Waals surface area contributed by atoms with Gasteiger partial charge in [-0.2, -0.15) is 5.10 Å².